The van der Waals surface area contributed by atoms with Crippen LogP contribution in [-0.2, 0) is 19.2 Å². The van der Waals surface area contributed by atoms with Crippen LogP contribution in [0, 0.1) is 0 Å². The van der Waals surface area contributed by atoms with Gasteiger partial charge in [0.25, 0.3) is 0 Å². The third-order valence-corrected chi connectivity index (χ3v) is 3.05. The van der Waals surface area contributed by atoms with Gasteiger partial charge in [-0.3, -0.25) is 29.0 Å². The fourth-order valence-electron chi connectivity index (χ4n) is 2.12. The molecule has 0 saturated heterocycles. The fraction of sp³-hybridized carbons (Fsp3) is 0.692. The van der Waals surface area contributed by atoms with Crippen LogP contribution in [0.4, 0.5) is 0 Å². The topological polar surface area (TPSA) is 156 Å². The molecule has 0 aliphatic carbocycles. The molecule has 132 valence electrons. The molecule has 0 aromatic carbocycles. The zero-order valence-corrected chi connectivity index (χ0v) is 12.8. The van der Waals surface area contributed by atoms with Crippen LogP contribution in [0.25, 0.3) is 0 Å². The molecule has 1 unspecified atom stereocenters. The Balaban J connectivity index is 4.96. The van der Waals surface area contributed by atoms with Crippen LogP contribution in [0.15, 0.2) is 0 Å². The molecule has 0 aromatic heterocycles. The van der Waals surface area contributed by atoms with Gasteiger partial charge in [0.15, 0.2) is 0 Å². The minimum absolute atomic E-state index is 0.0656. The standard InChI is InChI=1S/C13H22N2O8/c1-2-3-9(13(22)23)15(8-12(20)21)5-4-14(6-10(16)17)7-11(18)19/h9H,2-8H2,1H3,(H,16,17)(H,18,19)(H,20,21)(H,22,23). The highest BCUT2D eigenvalue weighted by molar-refractivity contribution is 5.75. The van der Waals surface area contributed by atoms with E-state index in [1.165, 1.54) is 4.90 Å². The van der Waals surface area contributed by atoms with Gasteiger partial charge in [-0.1, -0.05) is 13.3 Å². The van der Waals surface area contributed by atoms with Crippen LogP contribution in [0.3, 0.4) is 0 Å². The average molecular weight is 334 g/mol. The average Bonchev–Trinajstić information content (AvgIpc) is 2.38. The van der Waals surface area contributed by atoms with Gasteiger partial charge < -0.3 is 20.4 Å². The first-order chi connectivity index (χ1) is 10.7. The van der Waals surface area contributed by atoms with Crippen molar-refractivity contribution in [2.24, 2.45) is 0 Å². The van der Waals surface area contributed by atoms with Gasteiger partial charge in [-0.2, -0.15) is 0 Å². The second kappa shape index (κ2) is 10.5. The summed E-state index contributed by atoms with van der Waals surface area (Å²) in [5, 5.41) is 35.6. The summed E-state index contributed by atoms with van der Waals surface area (Å²) in [6, 6.07) is -1.02. The number of nitrogens with zero attached hydrogens (tertiary/aromatic N) is 2. The van der Waals surface area contributed by atoms with Crippen LogP contribution in [0.5, 0.6) is 0 Å². The van der Waals surface area contributed by atoms with E-state index >= 15 is 0 Å². The molecule has 0 aromatic rings. The molecule has 0 aliphatic rings. The van der Waals surface area contributed by atoms with E-state index in [-0.39, 0.29) is 19.5 Å². The van der Waals surface area contributed by atoms with E-state index in [1.807, 2.05) is 0 Å². The summed E-state index contributed by atoms with van der Waals surface area (Å²) in [5.41, 5.74) is 0. The molecule has 0 saturated carbocycles. The molecule has 0 bridgehead atoms. The van der Waals surface area contributed by atoms with E-state index in [4.69, 9.17) is 15.3 Å². The molecule has 0 heterocycles. The van der Waals surface area contributed by atoms with E-state index in [9.17, 15) is 24.3 Å². The highest BCUT2D eigenvalue weighted by Crippen LogP contribution is 2.08. The molecule has 0 aliphatic heterocycles. The van der Waals surface area contributed by atoms with E-state index in [2.05, 4.69) is 0 Å². The predicted molar refractivity (Wildman–Crippen MR) is 77.3 cm³/mol. The first kappa shape index (κ1) is 20.8. The summed E-state index contributed by atoms with van der Waals surface area (Å²) in [7, 11) is 0. The van der Waals surface area contributed by atoms with Crippen molar-refractivity contribution < 1.29 is 39.6 Å². The van der Waals surface area contributed by atoms with Crippen LogP contribution >= 0.6 is 0 Å². The van der Waals surface area contributed by atoms with Crippen LogP contribution in [0.2, 0.25) is 0 Å². The maximum absolute atomic E-state index is 11.3. The molecule has 0 radical (unpaired) electrons. The van der Waals surface area contributed by atoms with Gasteiger partial charge in [-0.25, -0.2) is 0 Å². The Morgan fingerprint density at radius 3 is 1.65 bits per heavy atom. The lowest BCUT2D eigenvalue weighted by Crippen LogP contribution is -2.48. The monoisotopic (exact) mass is 334 g/mol. The maximum atomic E-state index is 11.3. The Morgan fingerprint density at radius 2 is 1.30 bits per heavy atom. The maximum Gasteiger partial charge on any atom is 0.320 e. The Kier molecular flexibility index (Phi) is 9.51. The number of carbonyl (C=O) groups is 4. The fourth-order valence-corrected chi connectivity index (χ4v) is 2.12. The summed E-state index contributed by atoms with van der Waals surface area (Å²) in [5.74, 6) is -4.83. The predicted octanol–water partition coefficient (Wildman–Crippen LogP) is -0.902. The largest absolute Gasteiger partial charge is 0.480 e. The Labute approximate surface area is 132 Å². The Hall–Kier alpha value is -2.20. The third kappa shape index (κ3) is 9.42. The smallest absolute Gasteiger partial charge is 0.320 e. The zero-order chi connectivity index (χ0) is 18.0. The van der Waals surface area contributed by atoms with E-state index in [0.717, 1.165) is 4.90 Å². The van der Waals surface area contributed by atoms with Gasteiger partial charge >= 0.3 is 23.9 Å². The first-order valence-corrected chi connectivity index (χ1v) is 7.01. The van der Waals surface area contributed by atoms with E-state index < -0.39 is 49.6 Å². The van der Waals surface area contributed by atoms with Crippen LogP contribution in [-0.4, -0.2) is 92.9 Å². The lowest BCUT2D eigenvalue weighted by atomic mass is 10.1. The molecule has 10 heteroatoms. The summed E-state index contributed by atoms with van der Waals surface area (Å²) < 4.78 is 0. The molecule has 10 nitrogen and oxygen atoms in total. The second-order valence-electron chi connectivity index (χ2n) is 5.01. The molecule has 4 N–H and O–H groups in total. The number of carboxylic acids is 4. The van der Waals surface area contributed by atoms with Gasteiger partial charge in [0.1, 0.15) is 6.04 Å². The normalized spacial score (nSPS) is 12.3. The Bertz CT molecular complexity index is 424. The van der Waals surface area contributed by atoms with Crippen molar-refractivity contribution in [1.29, 1.82) is 0 Å². The van der Waals surface area contributed by atoms with Gasteiger partial charge in [-0.15, -0.1) is 0 Å². The molecule has 0 amide bonds. The van der Waals surface area contributed by atoms with Gasteiger partial charge in [0, 0.05) is 13.1 Å². The second-order valence-corrected chi connectivity index (χ2v) is 5.01. The molecule has 0 fully saturated rings. The zero-order valence-electron chi connectivity index (χ0n) is 12.8. The summed E-state index contributed by atoms with van der Waals surface area (Å²) in [6.07, 6.45) is 0.765. The lowest BCUT2D eigenvalue weighted by molar-refractivity contribution is -0.148. The first-order valence-electron chi connectivity index (χ1n) is 7.01. The van der Waals surface area contributed by atoms with Crippen LogP contribution in [0.1, 0.15) is 19.8 Å². The number of hydrogen-bond donors (Lipinski definition) is 4. The number of aliphatic carboxylic acids is 4. The quantitative estimate of drug-likeness (QED) is 0.333. The van der Waals surface area contributed by atoms with Gasteiger partial charge in [-0.05, 0) is 6.42 Å². The van der Waals surface area contributed by atoms with E-state index in [0.29, 0.717) is 6.42 Å². The molecular weight excluding hydrogens is 312 g/mol. The molecular formula is C13H22N2O8. The summed E-state index contributed by atoms with van der Waals surface area (Å²) in [4.78, 5) is 45.9. The van der Waals surface area contributed by atoms with Crippen molar-refractivity contribution in [1.82, 2.24) is 9.80 Å². The number of carboxylic acid groups (broad SMARTS) is 4. The lowest BCUT2D eigenvalue weighted by Gasteiger charge is -2.29. The molecule has 23 heavy (non-hydrogen) atoms. The van der Waals surface area contributed by atoms with Crippen molar-refractivity contribution in [3.05, 3.63) is 0 Å². The number of hydrogen-bond acceptors (Lipinski definition) is 6. The van der Waals surface area contributed by atoms with Gasteiger partial charge in [0.2, 0.25) is 0 Å². The Morgan fingerprint density at radius 1 is 0.826 bits per heavy atom. The third-order valence-electron chi connectivity index (χ3n) is 3.05. The van der Waals surface area contributed by atoms with Crippen molar-refractivity contribution in [2.75, 3.05) is 32.7 Å². The van der Waals surface area contributed by atoms with Crippen molar-refractivity contribution in [3.63, 3.8) is 0 Å². The van der Waals surface area contributed by atoms with Crippen molar-refractivity contribution in [3.8, 4) is 0 Å². The van der Waals surface area contributed by atoms with Gasteiger partial charge in [0.05, 0.1) is 19.6 Å². The molecule has 1 atom stereocenters. The van der Waals surface area contributed by atoms with Crippen LogP contribution < -0.4 is 0 Å². The van der Waals surface area contributed by atoms with Crippen molar-refractivity contribution >= 4 is 23.9 Å². The number of rotatable bonds is 13. The van der Waals surface area contributed by atoms with E-state index in [1.54, 1.807) is 6.92 Å². The highest BCUT2D eigenvalue weighted by Gasteiger charge is 2.27. The minimum Gasteiger partial charge on any atom is -0.480 e. The minimum atomic E-state index is -1.22. The van der Waals surface area contributed by atoms with Crippen molar-refractivity contribution in [2.45, 2.75) is 25.8 Å². The molecule has 0 spiro atoms. The molecule has 0 rings (SSSR count). The SMILES string of the molecule is CCCC(C(=O)O)N(CCN(CC(=O)O)CC(=O)O)CC(=O)O. The summed E-state index contributed by atoms with van der Waals surface area (Å²) in [6.45, 7) is 0.0433. The highest BCUT2D eigenvalue weighted by atomic mass is 16.4. The summed E-state index contributed by atoms with van der Waals surface area (Å²) >= 11 is 0.